The van der Waals surface area contributed by atoms with Crippen molar-refractivity contribution in [2.45, 2.75) is 12.5 Å². The number of hydrogen-bond donors (Lipinski definition) is 1. The number of carbonyl (C=O) groups is 3. The summed E-state index contributed by atoms with van der Waals surface area (Å²) in [5.41, 5.74) is 1.10. The van der Waals surface area contributed by atoms with Crippen LogP contribution in [0.3, 0.4) is 0 Å². The maximum absolute atomic E-state index is 12.0. The van der Waals surface area contributed by atoms with Gasteiger partial charge in [-0.05, 0) is 23.8 Å². The van der Waals surface area contributed by atoms with Gasteiger partial charge in [-0.2, -0.15) is 0 Å². The van der Waals surface area contributed by atoms with Crippen LogP contribution < -0.4 is 5.32 Å². The summed E-state index contributed by atoms with van der Waals surface area (Å²) in [6.45, 7) is -0.520. The summed E-state index contributed by atoms with van der Waals surface area (Å²) in [5.74, 6) is -1.87. The van der Waals surface area contributed by atoms with Gasteiger partial charge in [0.15, 0.2) is 6.61 Å². The number of methoxy groups -OCH3 is 1. The number of ether oxygens (including phenoxy) is 2. The minimum atomic E-state index is -0.875. The highest BCUT2D eigenvalue weighted by atomic mass is 35.5. The van der Waals surface area contributed by atoms with Gasteiger partial charge in [0.25, 0.3) is 5.91 Å². The topological polar surface area (TPSA) is 81.7 Å². The van der Waals surface area contributed by atoms with Gasteiger partial charge in [0, 0.05) is 11.4 Å². The summed E-state index contributed by atoms with van der Waals surface area (Å²) < 4.78 is 9.67. The van der Waals surface area contributed by atoms with E-state index >= 15 is 0 Å². The van der Waals surface area contributed by atoms with Gasteiger partial charge >= 0.3 is 11.9 Å². The average Bonchev–Trinajstić information content (AvgIpc) is 2.65. The Morgan fingerprint density at radius 1 is 1.08 bits per heavy atom. The van der Waals surface area contributed by atoms with E-state index in [-0.39, 0.29) is 12.0 Å². The molecule has 0 spiro atoms. The quantitative estimate of drug-likeness (QED) is 0.751. The van der Waals surface area contributed by atoms with Crippen LogP contribution in [0.25, 0.3) is 0 Å². The molecule has 1 atom stereocenters. The Morgan fingerprint density at radius 2 is 1.81 bits per heavy atom. The number of rotatable bonds is 7. The number of amides is 1. The van der Waals surface area contributed by atoms with Crippen LogP contribution in [0.15, 0.2) is 54.6 Å². The minimum Gasteiger partial charge on any atom is -0.467 e. The lowest BCUT2D eigenvalue weighted by Crippen LogP contribution is -2.44. The van der Waals surface area contributed by atoms with Crippen molar-refractivity contribution in [2.24, 2.45) is 0 Å². The smallest absolute Gasteiger partial charge is 0.338 e. The molecule has 0 saturated carbocycles. The van der Waals surface area contributed by atoms with E-state index in [0.29, 0.717) is 5.02 Å². The molecule has 7 heteroatoms. The highest BCUT2D eigenvalue weighted by Gasteiger charge is 2.22. The molecule has 2 rings (SSSR count). The Bertz CT molecular complexity index is 779. The molecular weight excluding hydrogens is 358 g/mol. The fraction of sp³-hybridized carbons (Fsp3) is 0.211. The van der Waals surface area contributed by atoms with Crippen molar-refractivity contribution in [1.29, 1.82) is 0 Å². The number of halogens is 1. The van der Waals surface area contributed by atoms with E-state index in [9.17, 15) is 14.4 Å². The van der Waals surface area contributed by atoms with E-state index < -0.39 is 30.5 Å². The second-order valence-corrected chi connectivity index (χ2v) is 5.86. The van der Waals surface area contributed by atoms with Crippen LogP contribution in [-0.4, -0.2) is 37.6 Å². The SMILES string of the molecule is COC(=O)[C@@H](Cc1ccccc1)NC(=O)COC(=O)c1cccc(Cl)c1. The lowest BCUT2D eigenvalue weighted by Gasteiger charge is -2.16. The van der Waals surface area contributed by atoms with Crippen LogP contribution in [0.5, 0.6) is 0 Å². The van der Waals surface area contributed by atoms with Crippen molar-refractivity contribution in [1.82, 2.24) is 5.32 Å². The molecule has 0 bridgehead atoms. The van der Waals surface area contributed by atoms with Gasteiger partial charge in [0.2, 0.25) is 0 Å². The summed E-state index contributed by atoms with van der Waals surface area (Å²) in [4.78, 5) is 35.8. The predicted molar refractivity (Wildman–Crippen MR) is 95.8 cm³/mol. The average molecular weight is 376 g/mol. The van der Waals surface area contributed by atoms with Gasteiger partial charge in [0.1, 0.15) is 6.04 Å². The lowest BCUT2D eigenvalue weighted by atomic mass is 10.1. The van der Waals surface area contributed by atoms with E-state index in [2.05, 4.69) is 5.32 Å². The van der Waals surface area contributed by atoms with Crippen LogP contribution in [0.2, 0.25) is 5.02 Å². The third-order valence-electron chi connectivity index (χ3n) is 3.50. The molecule has 136 valence electrons. The van der Waals surface area contributed by atoms with Crippen LogP contribution in [-0.2, 0) is 25.5 Å². The molecule has 0 radical (unpaired) electrons. The van der Waals surface area contributed by atoms with E-state index in [1.54, 1.807) is 12.1 Å². The summed E-state index contributed by atoms with van der Waals surface area (Å²) in [5, 5.41) is 2.90. The highest BCUT2D eigenvalue weighted by molar-refractivity contribution is 6.30. The first-order valence-corrected chi connectivity index (χ1v) is 8.21. The van der Waals surface area contributed by atoms with E-state index in [4.69, 9.17) is 21.1 Å². The van der Waals surface area contributed by atoms with Crippen LogP contribution in [0.4, 0.5) is 0 Å². The zero-order chi connectivity index (χ0) is 18.9. The molecule has 2 aromatic carbocycles. The maximum atomic E-state index is 12.0. The van der Waals surface area contributed by atoms with Gasteiger partial charge in [-0.1, -0.05) is 48.0 Å². The third-order valence-corrected chi connectivity index (χ3v) is 3.73. The molecule has 0 aromatic heterocycles. The molecule has 1 amide bonds. The number of nitrogens with one attached hydrogen (secondary N) is 1. The summed E-state index contributed by atoms with van der Waals surface area (Å²) in [6, 6.07) is 14.5. The zero-order valence-electron chi connectivity index (χ0n) is 14.1. The summed E-state index contributed by atoms with van der Waals surface area (Å²) in [6.07, 6.45) is 0.265. The Balaban J connectivity index is 1.92. The standard InChI is InChI=1S/C19H18ClNO5/c1-25-19(24)16(10-13-6-3-2-4-7-13)21-17(22)12-26-18(23)14-8-5-9-15(20)11-14/h2-9,11,16H,10,12H2,1H3,(H,21,22)/t16-/m1/s1. The van der Waals surface area contributed by atoms with Crippen molar-refractivity contribution in [3.05, 3.63) is 70.7 Å². The molecule has 0 aliphatic heterocycles. The molecule has 2 aromatic rings. The molecule has 6 nitrogen and oxygen atoms in total. The number of esters is 2. The molecule has 0 fully saturated rings. The fourth-order valence-electron chi connectivity index (χ4n) is 2.25. The molecule has 26 heavy (non-hydrogen) atoms. The molecule has 1 N–H and O–H groups in total. The monoisotopic (exact) mass is 375 g/mol. The van der Waals surface area contributed by atoms with Crippen LogP contribution in [0.1, 0.15) is 15.9 Å². The fourth-order valence-corrected chi connectivity index (χ4v) is 2.44. The van der Waals surface area contributed by atoms with Gasteiger partial charge in [-0.25, -0.2) is 9.59 Å². The second-order valence-electron chi connectivity index (χ2n) is 5.42. The minimum absolute atomic E-state index is 0.235. The van der Waals surface area contributed by atoms with Crippen molar-refractivity contribution in [2.75, 3.05) is 13.7 Å². The Morgan fingerprint density at radius 3 is 2.46 bits per heavy atom. The van der Waals surface area contributed by atoms with Crippen molar-refractivity contribution in [3.63, 3.8) is 0 Å². The molecular formula is C19H18ClNO5. The molecule has 0 aliphatic rings. The normalized spacial score (nSPS) is 11.3. The van der Waals surface area contributed by atoms with Gasteiger partial charge < -0.3 is 14.8 Å². The molecule has 0 aliphatic carbocycles. The van der Waals surface area contributed by atoms with E-state index in [1.807, 2.05) is 30.3 Å². The lowest BCUT2D eigenvalue weighted by molar-refractivity contribution is -0.145. The van der Waals surface area contributed by atoms with Gasteiger partial charge in [0.05, 0.1) is 12.7 Å². The van der Waals surface area contributed by atoms with E-state index in [1.165, 1.54) is 19.2 Å². The second kappa shape index (κ2) is 9.58. The molecule has 0 unspecified atom stereocenters. The Labute approximate surface area is 156 Å². The number of benzene rings is 2. The Hall–Kier alpha value is -2.86. The first-order chi connectivity index (χ1) is 12.5. The van der Waals surface area contributed by atoms with Crippen LogP contribution in [0, 0.1) is 0 Å². The Kier molecular flexibility index (Phi) is 7.17. The molecule has 0 heterocycles. The predicted octanol–water partition coefficient (Wildman–Crippen LogP) is 2.40. The third kappa shape index (κ3) is 5.89. The number of hydrogen-bond acceptors (Lipinski definition) is 5. The van der Waals surface area contributed by atoms with Gasteiger partial charge in [-0.15, -0.1) is 0 Å². The highest BCUT2D eigenvalue weighted by Crippen LogP contribution is 2.11. The van der Waals surface area contributed by atoms with Crippen molar-refractivity contribution >= 4 is 29.4 Å². The maximum Gasteiger partial charge on any atom is 0.338 e. The molecule has 0 saturated heterocycles. The summed E-state index contributed by atoms with van der Waals surface area (Å²) in [7, 11) is 1.24. The number of carbonyl (C=O) groups excluding carboxylic acids is 3. The van der Waals surface area contributed by atoms with Crippen LogP contribution >= 0.6 is 11.6 Å². The summed E-state index contributed by atoms with van der Waals surface area (Å²) >= 11 is 5.81. The zero-order valence-corrected chi connectivity index (χ0v) is 14.9. The largest absolute Gasteiger partial charge is 0.467 e. The first kappa shape index (κ1) is 19.5. The van der Waals surface area contributed by atoms with Gasteiger partial charge in [-0.3, -0.25) is 4.79 Å². The van der Waals surface area contributed by atoms with Crippen molar-refractivity contribution in [3.8, 4) is 0 Å². The first-order valence-electron chi connectivity index (χ1n) is 7.83. The van der Waals surface area contributed by atoms with E-state index in [0.717, 1.165) is 5.56 Å². The van der Waals surface area contributed by atoms with Crippen molar-refractivity contribution < 1.29 is 23.9 Å².